The first-order valence-corrected chi connectivity index (χ1v) is 6.91. The lowest BCUT2D eigenvalue weighted by molar-refractivity contribution is 0.710. The molecular weight excluding hydrogens is 222 g/mol. The van der Waals surface area contributed by atoms with E-state index in [1.807, 2.05) is 0 Å². The molecule has 1 aliphatic heterocycles. The smallest absolute Gasteiger partial charge is 0.0606 e. The predicted molar refractivity (Wildman–Crippen MR) is 79.7 cm³/mol. The van der Waals surface area contributed by atoms with Gasteiger partial charge in [0.2, 0.25) is 0 Å². The van der Waals surface area contributed by atoms with Crippen molar-refractivity contribution in [1.29, 1.82) is 0 Å². The van der Waals surface area contributed by atoms with Crippen molar-refractivity contribution in [3.05, 3.63) is 23.3 Å². The maximum atomic E-state index is 5.65. The molecule has 18 heavy (non-hydrogen) atoms. The Bertz CT molecular complexity index is 414. The third kappa shape index (κ3) is 2.61. The zero-order valence-corrected chi connectivity index (χ0v) is 11.9. The van der Waals surface area contributed by atoms with Crippen LogP contribution in [0.5, 0.6) is 0 Å². The lowest BCUT2D eigenvalue weighted by Gasteiger charge is -2.27. The molecule has 1 aromatic carbocycles. The van der Waals surface area contributed by atoms with Gasteiger partial charge in [-0.1, -0.05) is 0 Å². The summed E-state index contributed by atoms with van der Waals surface area (Å²) < 4.78 is 0. The lowest BCUT2D eigenvalue weighted by atomic mass is 10.1. The molecule has 0 aromatic heterocycles. The molecule has 0 aliphatic carbocycles. The highest BCUT2D eigenvalue weighted by atomic mass is 15.2. The summed E-state index contributed by atoms with van der Waals surface area (Å²) >= 11 is 0. The molecule has 2 rings (SSSR count). The minimum Gasteiger partial charge on any atom is -0.373 e. The van der Waals surface area contributed by atoms with Crippen molar-refractivity contribution in [1.82, 2.24) is 0 Å². The summed E-state index contributed by atoms with van der Waals surface area (Å²) in [6.07, 6.45) is 2.28. The second-order valence-corrected chi connectivity index (χ2v) is 5.33. The average Bonchev–Trinajstić information content (AvgIpc) is 2.49. The van der Waals surface area contributed by atoms with E-state index in [1.54, 1.807) is 0 Å². The Morgan fingerprint density at radius 1 is 1.11 bits per heavy atom. The van der Waals surface area contributed by atoms with E-state index >= 15 is 0 Å². The molecule has 0 unspecified atom stereocenters. The van der Waals surface area contributed by atoms with E-state index in [9.17, 15) is 0 Å². The topological polar surface area (TPSA) is 32.5 Å². The van der Waals surface area contributed by atoms with Crippen molar-refractivity contribution in [3.63, 3.8) is 0 Å². The summed E-state index contributed by atoms with van der Waals surface area (Å²) in [5.74, 6) is 0. The van der Waals surface area contributed by atoms with Crippen molar-refractivity contribution in [3.8, 4) is 0 Å². The first-order valence-electron chi connectivity index (χ1n) is 6.91. The molecule has 1 aliphatic rings. The third-order valence-corrected chi connectivity index (χ3v) is 3.90. The number of nitrogens with zero attached hydrogens (tertiary/aromatic N) is 2. The van der Waals surface area contributed by atoms with E-state index in [2.05, 4.69) is 42.8 Å². The van der Waals surface area contributed by atoms with Gasteiger partial charge in [-0.15, -0.1) is 0 Å². The first kappa shape index (κ1) is 13.2. The number of anilines is 2. The van der Waals surface area contributed by atoms with Gasteiger partial charge in [-0.3, -0.25) is 0 Å². The molecule has 3 nitrogen and oxygen atoms in total. The zero-order chi connectivity index (χ0) is 13.1. The van der Waals surface area contributed by atoms with Gasteiger partial charge in [0, 0.05) is 26.7 Å². The Hall–Kier alpha value is -1.22. The SMILES string of the molecule is Cc1cc2c(cc1C)N(CCCN)CCCN2C. The Kier molecular flexibility index (Phi) is 4.12. The standard InChI is InChI=1S/C15H25N3/c1-12-10-14-15(11-13(12)2)18(8-4-6-16)9-5-7-17(14)3/h10-11H,4-9,16H2,1-3H3. The molecule has 1 heterocycles. The average molecular weight is 247 g/mol. The van der Waals surface area contributed by atoms with E-state index < -0.39 is 0 Å². The summed E-state index contributed by atoms with van der Waals surface area (Å²) in [7, 11) is 2.19. The van der Waals surface area contributed by atoms with Crippen LogP contribution in [-0.2, 0) is 0 Å². The van der Waals surface area contributed by atoms with E-state index in [1.165, 1.54) is 28.9 Å². The third-order valence-electron chi connectivity index (χ3n) is 3.90. The van der Waals surface area contributed by atoms with Crippen LogP contribution in [0.3, 0.4) is 0 Å². The summed E-state index contributed by atoms with van der Waals surface area (Å²) in [6, 6.07) is 4.66. The van der Waals surface area contributed by atoms with Gasteiger partial charge >= 0.3 is 0 Å². The number of hydrogen-bond acceptors (Lipinski definition) is 3. The van der Waals surface area contributed by atoms with E-state index in [0.29, 0.717) is 0 Å². The Labute approximate surface area is 111 Å². The summed E-state index contributed by atoms with van der Waals surface area (Å²) in [5, 5.41) is 0. The van der Waals surface area contributed by atoms with Crippen LogP contribution in [0, 0.1) is 13.8 Å². The highest BCUT2D eigenvalue weighted by Gasteiger charge is 2.18. The molecule has 0 atom stereocenters. The Morgan fingerprint density at radius 2 is 1.78 bits per heavy atom. The van der Waals surface area contributed by atoms with E-state index in [4.69, 9.17) is 5.73 Å². The Balaban J connectivity index is 2.37. The van der Waals surface area contributed by atoms with Gasteiger partial charge in [0.15, 0.2) is 0 Å². The van der Waals surface area contributed by atoms with Crippen molar-refractivity contribution < 1.29 is 0 Å². The molecule has 100 valence electrons. The monoisotopic (exact) mass is 247 g/mol. The van der Waals surface area contributed by atoms with Crippen molar-refractivity contribution in [2.24, 2.45) is 5.73 Å². The zero-order valence-electron chi connectivity index (χ0n) is 11.9. The van der Waals surface area contributed by atoms with Crippen LogP contribution in [-0.4, -0.2) is 33.2 Å². The molecule has 3 heteroatoms. The molecular formula is C15H25N3. The number of aryl methyl sites for hydroxylation is 2. The molecule has 0 fully saturated rings. The van der Waals surface area contributed by atoms with Gasteiger partial charge in [-0.05, 0) is 56.5 Å². The van der Waals surface area contributed by atoms with Crippen LogP contribution >= 0.6 is 0 Å². The minimum absolute atomic E-state index is 0.770. The second kappa shape index (κ2) is 5.61. The maximum Gasteiger partial charge on any atom is 0.0606 e. The largest absolute Gasteiger partial charge is 0.373 e. The van der Waals surface area contributed by atoms with Gasteiger partial charge < -0.3 is 15.5 Å². The molecule has 0 saturated heterocycles. The Morgan fingerprint density at radius 3 is 2.44 bits per heavy atom. The predicted octanol–water partition coefficient (Wildman–Crippen LogP) is 2.30. The highest BCUT2D eigenvalue weighted by molar-refractivity contribution is 5.74. The van der Waals surface area contributed by atoms with Gasteiger partial charge in [-0.25, -0.2) is 0 Å². The molecule has 2 N–H and O–H groups in total. The van der Waals surface area contributed by atoms with Gasteiger partial charge in [0.05, 0.1) is 11.4 Å². The van der Waals surface area contributed by atoms with Crippen LogP contribution in [0.25, 0.3) is 0 Å². The number of fused-ring (bicyclic) bond motifs is 1. The number of hydrogen-bond donors (Lipinski definition) is 1. The summed E-state index contributed by atoms with van der Waals surface area (Å²) in [6.45, 7) is 8.50. The first-order chi connectivity index (χ1) is 8.63. The fourth-order valence-corrected chi connectivity index (χ4v) is 2.60. The fraction of sp³-hybridized carbons (Fsp3) is 0.600. The van der Waals surface area contributed by atoms with Gasteiger partial charge in [0.25, 0.3) is 0 Å². The van der Waals surface area contributed by atoms with Crippen molar-refractivity contribution in [2.75, 3.05) is 43.0 Å². The normalized spacial score (nSPS) is 15.6. The van der Waals surface area contributed by atoms with Crippen LogP contribution in [0.15, 0.2) is 12.1 Å². The number of nitrogens with two attached hydrogens (primary N) is 1. The molecule has 0 spiro atoms. The van der Waals surface area contributed by atoms with Crippen LogP contribution in [0.2, 0.25) is 0 Å². The van der Waals surface area contributed by atoms with E-state index in [0.717, 1.165) is 32.6 Å². The van der Waals surface area contributed by atoms with E-state index in [-0.39, 0.29) is 0 Å². The molecule has 1 aromatic rings. The van der Waals surface area contributed by atoms with Gasteiger partial charge in [0.1, 0.15) is 0 Å². The summed E-state index contributed by atoms with van der Waals surface area (Å²) in [5.41, 5.74) is 11.2. The van der Waals surface area contributed by atoms with Crippen LogP contribution < -0.4 is 15.5 Å². The van der Waals surface area contributed by atoms with Crippen molar-refractivity contribution >= 4 is 11.4 Å². The molecule has 0 bridgehead atoms. The van der Waals surface area contributed by atoms with Gasteiger partial charge in [-0.2, -0.15) is 0 Å². The fourth-order valence-electron chi connectivity index (χ4n) is 2.60. The maximum absolute atomic E-state index is 5.65. The quantitative estimate of drug-likeness (QED) is 0.889. The number of benzene rings is 1. The molecule has 0 saturated carbocycles. The van der Waals surface area contributed by atoms with Crippen LogP contribution in [0.4, 0.5) is 11.4 Å². The minimum atomic E-state index is 0.770. The highest BCUT2D eigenvalue weighted by Crippen LogP contribution is 2.34. The van der Waals surface area contributed by atoms with Crippen molar-refractivity contribution in [2.45, 2.75) is 26.7 Å². The number of rotatable bonds is 3. The molecule has 0 amide bonds. The molecule has 0 radical (unpaired) electrons. The summed E-state index contributed by atoms with van der Waals surface area (Å²) in [4.78, 5) is 4.88. The second-order valence-electron chi connectivity index (χ2n) is 5.33. The lowest BCUT2D eigenvalue weighted by Crippen LogP contribution is -2.26. The van der Waals surface area contributed by atoms with Crippen LogP contribution in [0.1, 0.15) is 24.0 Å².